The molecule has 0 aromatic carbocycles. The SMILES string of the molecule is CCC(C)C1OCCCC1N. The lowest BCUT2D eigenvalue weighted by molar-refractivity contribution is -0.0306. The summed E-state index contributed by atoms with van der Waals surface area (Å²) in [5.74, 6) is 0.616. The van der Waals surface area contributed by atoms with Gasteiger partial charge in [0.05, 0.1) is 6.10 Å². The second-order valence-corrected chi connectivity index (χ2v) is 3.53. The van der Waals surface area contributed by atoms with Crippen LogP contribution >= 0.6 is 0 Å². The van der Waals surface area contributed by atoms with E-state index in [1.807, 2.05) is 0 Å². The van der Waals surface area contributed by atoms with Gasteiger partial charge in [0.1, 0.15) is 0 Å². The molecule has 2 heteroatoms. The first kappa shape index (κ1) is 9.01. The largest absolute Gasteiger partial charge is 0.376 e. The fourth-order valence-corrected chi connectivity index (χ4v) is 1.64. The standard InChI is InChI=1S/C9H19NO/c1-3-7(2)9-8(10)5-4-6-11-9/h7-9H,3-6,10H2,1-2H3. The summed E-state index contributed by atoms with van der Waals surface area (Å²) >= 11 is 0. The Labute approximate surface area is 69.1 Å². The predicted octanol–water partition coefficient (Wildman–Crippen LogP) is 1.54. The van der Waals surface area contributed by atoms with Gasteiger partial charge in [-0.25, -0.2) is 0 Å². The van der Waals surface area contributed by atoms with Gasteiger partial charge in [-0.2, -0.15) is 0 Å². The summed E-state index contributed by atoms with van der Waals surface area (Å²) in [6.07, 6.45) is 3.75. The van der Waals surface area contributed by atoms with Crippen molar-refractivity contribution < 1.29 is 4.74 Å². The molecule has 0 saturated carbocycles. The van der Waals surface area contributed by atoms with Gasteiger partial charge in [-0.15, -0.1) is 0 Å². The van der Waals surface area contributed by atoms with E-state index in [2.05, 4.69) is 13.8 Å². The van der Waals surface area contributed by atoms with Crippen LogP contribution in [0.3, 0.4) is 0 Å². The Morgan fingerprint density at radius 3 is 2.91 bits per heavy atom. The molecule has 1 aliphatic rings. The molecule has 0 aliphatic carbocycles. The predicted molar refractivity (Wildman–Crippen MR) is 46.4 cm³/mol. The van der Waals surface area contributed by atoms with E-state index < -0.39 is 0 Å². The summed E-state index contributed by atoms with van der Waals surface area (Å²) in [5.41, 5.74) is 5.93. The number of nitrogens with two attached hydrogens (primary N) is 1. The summed E-state index contributed by atoms with van der Waals surface area (Å²) in [7, 11) is 0. The monoisotopic (exact) mass is 157 g/mol. The molecule has 1 heterocycles. The summed E-state index contributed by atoms with van der Waals surface area (Å²) in [4.78, 5) is 0. The Kier molecular flexibility index (Phi) is 3.34. The average Bonchev–Trinajstić information content (AvgIpc) is 2.04. The van der Waals surface area contributed by atoms with E-state index in [1.165, 1.54) is 6.42 Å². The van der Waals surface area contributed by atoms with Crippen molar-refractivity contribution >= 4 is 0 Å². The molecule has 1 aliphatic heterocycles. The van der Waals surface area contributed by atoms with E-state index in [4.69, 9.17) is 10.5 Å². The molecular weight excluding hydrogens is 138 g/mol. The van der Waals surface area contributed by atoms with Crippen LogP contribution in [-0.2, 0) is 4.74 Å². The highest BCUT2D eigenvalue weighted by Gasteiger charge is 2.26. The molecule has 1 saturated heterocycles. The minimum absolute atomic E-state index is 0.277. The van der Waals surface area contributed by atoms with Crippen molar-refractivity contribution in [2.45, 2.75) is 45.3 Å². The van der Waals surface area contributed by atoms with Crippen LogP contribution in [0.2, 0.25) is 0 Å². The lowest BCUT2D eigenvalue weighted by Crippen LogP contribution is -2.44. The maximum Gasteiger partial charge on any atom is 0.0751 e. The van der Waals surface area contributed by atoms with Gasteiger partial charge in [-0.1, -0.05) is 20.3 Å². The van der Waals surface area contributed by atoms with Crippen molar-refractivity contribution in [3.05, 3.63) is 0 Å². The van der Waals surface area contributed by atoms with Crippen LogP contribution in [-0.4, -0.2) is 18.8 Å². The molecule has 1 fully saturated rings. The van der Waals surface area contributed by atoms with Crippen molar-refractivity contribution in [1.29, 1.82) is 0 Å². The second kappa shape index (κ2) is 4.07. The highest BCUT2D eigenvalue weighted by Crippen LogP contribution is 2.20. The Balaban J connectivity index is 2.40. The van der Waals surface area contributed by atoms with Crippen LogP contribution in [0.4, 0.5) is 0 Å². The normalized spacial score (nSPS) is 35.2. The molecule has 0 radical (unpaired) electrons. The number of hydrogen-bond donors (Lipinski definition) is 1. The number of hydrogen-bond acceptors (Lipinski definition) is 2. The lowest BCUT2D eigenvalue weighted by atomic mass is 9.91. The zero-order valence-electron chi connectivity index (χ0n) is 7.55. The molecule has 11 heavy (non-hydrogen) atoms. The van der Waals surface area contributed by atoms with Gasteiger partial charge in [0.25, 0.3) is 0 Å². The number of rotatable bonds is 2. The van der Waals surface area contributed by atoms with Crippen LogP contribution < -0.4 is 5.73 Å². The lowest BCUT2D eigenvalue weighted by Gasteiger charge is -2.32. The molecule has 0 amide bonds. The van der Waals surface area contributed by atoms with Gasteiger partial charge in [-0.05, 0) is 18.8 Å². The van der Waals surface area contributed by atoms with Crippen LogP contribution in [0.1, 0.15) is 33.1 Å². The fraction of sp³-hybridized carbons (Fsp3) is 1.00. The van der Waals surface area contributed by atoms with E-state index in [9.17, 15) is 0 Å². The van der Waals surface area contributed by atoms with Crippen molar-refractivity contribution in [2.75, 3.05) is 6.61 Å². The first-order chi connectivity index (χ1) is 5.25. The molecule has 1 rings (SSSR count). The topological polar surface area (TPSA) is 35.2 Å². The maximum atomic E-state index is 5.93. The molecule has 3 unspecified atom stereocenters. The zero-order valence-corrected chi connectivity index (χ0v) is 7.55. The number of ether oxygens (including phenoxy) is 1. The van der Waals surface area contributed by atoms with Crippen LogP contribution in [0, 0.1) is 5.92 Å². The molecule has 0 spiro atoms. The van der Waals surface area contributed by atoms with E-state index in [1.54, 1.807) is 0 Å². The summed E-state index contributed by atoms with van der Waals surface area (Å²) in [5, 5.41) is 0. The molecule has 3 atom stereocenters. The van der Waals surface area contributed by atoms with Crippen molar-refractivity contribution in [3.63, 3.8) is 0 Å². The Morgan fingerprint density at radius 2 is 2.36 bits per heavy atom. The zero-order chi connectivity index (χ0) is 8.27. The Morgan fingerprint density at radius 1 is 1.64 bits per heavy atom. The Hall–Kier alpha value is -0.0800. The van der Waals surface area contributed by atoms with Gasteiger partial charge in [0.2, 0.25) is 0 Å². The van der Waals surface area contributed by atoms with Crippen LogP contribution in [0.25, 0.3) is 0 Å². The van der Waals surface area contributed by atoms with E-state index in [-0.39, 0.29) is 6.04 Å². The summed E-state index contributed by atoms with van der Waals surface area (Å²) in [6.45, 7) is 5.31. The quantitative estimate of drug-likeness (QED) is 0.660. The third-order valence-electron chi connectivity index (χ3n) is 2.62. The minimum atomic E-state index is 0.277. The van der Waals surface area contributed by atoms with Gasteiger partial charge < -0.3 is 10.5 Å². The Bertz CT molecular complexity index is 112. The molecule has 0 aromatic heterocycles. The summed E-state index contributed by atoms with van der Waals surface area (Å²) < 4.78 is 5.62. The van der Waals surface area contributed by atoms with Crippen molar-refractivity contribution in [3.8, 4) is 0 Å². The molecular formula is C9H19NO. The van der Waals surface area contributed by atoms with E-state index in [0.29, 0.717) is 12.0 Å². The van der Waals surface area contributed by atoms with Crippen LogP contribution in [0.15, 0.2) is 0 Å². The third-order valence-corrected chi connectivity index (χ3v) is 2.62. The minimum Gasteiger partial charge on any atom is -0.376 e. The molecule has 0 bridgehead atoms. The smallest absolute Gasteiger partial charge is 0.0751 e. The van der Waals surface area contributed by atoms with E-state index >= 15 is 0 Å². The molecule has 0 aromatic rings. The van der Waals surface area contributed by atoms with Gasteiger partial charge in [0, 0.05) is 12.6 Å². The van der Waals surface area contributed by atoms with Crippen molar-refractivity contribution in [2.24, 2.45) is 11.7 Å². The summed E-state index contributed by atoms with van der Waals surface area (Å²) in [6, 6.07) is 0.277. The van der Waals surface area contributed by atoms with E-state index in [0.717, 1.165) is 19.4 Å². The maximum absolute atomic E-state index is 5.93. The van der Waals surface area contributed by atoms with Crippen LogP contribution in [0.5, 0.6) is 0 Å². The highest BCUT2D eigenvalue weighted by molar-refractivity contribution is 4.80. The third kappa shape index (κ3) is 2.17. The first-order valence-corrected chi connectivity index (χ1v) is 4.63. The van der Waals surface area contributed by atoms with Gasteiger partial charge >= 0.3 is 0 Å². The fourth-order valence-electron chi connectivity index (χ4n) is 1.64. The average molecular weight is 157 g/mol. The van der Waals surface area contributed by atoms with Crippen molar-refractivity contribution in [1.82, 2.24) is 0 Å². The highest BCUT2D eigenvalue weighted by atomic mass is 16.5. The van der Waals surface area contributed by atoms with Gasteiger partial charge in [0.15, 0.2) is 0 Å². The van der Waals surface area contributed by atoms with Gasteiger partial charge in [-0.3, -0.25) is 0 Å². The molecule has 2 nitrogen and oxygen atoms in total. The molecule has 2 N–H and O–H groups in total. The molecule has 66 valence electrons. The first-order valence-electron chi connectivity index (χ1n) is 4.63. The second-order valence-electron chi connectivity index (χ2n) is 3.53.